The van der Waals surface area contributed by atoms with Crippen molar-refractivity contribution in [1.82, 2.24) is 4.98 Å². The van der Waals surface area contributed by atoms with Crippen molar-refractivity contribution in [3.63, 3.8) is 0 Å². The first-order valence-electron chi connectivity index (χ1n) is 21.1. The number of rotatable bonds is 4. The first-order chi connectivity index (χ1) is 25.9. The molecular formula is C48H77Br2N2OW-3. The molecule has 1 N–H and O–H groups in total. The number of aromatic nitrogens is 1. The summed E-state index contributed by atoms with van der Waals surface area (Å²) in [5, 5.41) is 11.1. The maximum absolute atomic E-state index is 11.1. The van der Waals surface area contributed by atoms with Gasteiger partial charge in [-0.05, 0) is 80.3 Å². The Kier molecular flexibility index (Phi) is 28.7. The van der Waals surface area contributed by atoms with Crippen LogP contribution in [0.3, 0.4) is 0 Å². The van der Waals surface area contributed by atoms with Gasteiger partial charge in [0.15, 0.2) is 0 Å². The van der Waals surface area contributed by atoms with Gasteiger partial charge in [-0.25, -0.2) is 0 Å². The Morgan fingerprint density at radius 3 is 1.80 bits per heavy atom. The molecule has 0 saturated heterocycles. The molecule has 1 aromatic heterocycles. The van der Waals surface area contributed by atoms with Crippen molar-refractivity contribution in [2.45, 2.75) is 176 Å². The molecule has 6 rings (SSSR count). The number of hydrogen-bond donors (Lipinski definition) is 1. The minimum atomic E-state index is 0.128. The molecule has 0 bridgehead atoms. The van der Waals surface area contributed by atoms with E-state index < -0.39 is 0 Å². The largest absolute Gasteiger partial charge is 0.665 e. The van der Waals surface area contributed by atoms with Gasteiger partial charge in [0.25, 0.3) is 0 Å². The van der Waals surface area contributed by atoms with Crippen molar-refractivity contribution in [1.29, 1.82) is 0 Å². The monoisotopic (exact) mass is 1040 g/mol. The molecule has 4 aliphatic rings. The van der Waals surface area contributed by atoms with Crippen molar-refractivity contribution < 1.29 is 24.7 Å². The van der Waals surface area contributed by atoms with E-state index in [0.29, 0.717) is 40.2 Å². The normalized spacial score (nSPS) is 22.6. The number of aliphatic hydroxyl groups excluding tert-OH is 1. The number of allylic oxidation sites excluding steroid dienone is 6. The smallest absolute Gasteiger partial charge is 0.110 e. The number of benzene rings is 1. The average molecular weight is 1040 g/mol. The summed E-state index contributed by atoms with van der Waals surface area (Å²) in [6.45, 7) is 34.0. The van der Waals surface area contributed by atoms with Gasteiger partial charge in [-0.3, -0.25) is 0 Å². The van der Waals surface area contributed by atoms with E-state index in [9.17, 15) is 5.11 Å². The minimum absolute atomic E-state index is 0.128. The zero-order valence-corrected chi connectivity index (χ0v) is 42.6. The zero-order chi connectivity index (χ0) is 41.5. The molecule has 2 aromatic rings. The second kappa shape index (κ2) is 29.2. The fraction of sp³-hybridized carbons (Fsp3) is 0.625. The number of nitrogens with zero attached hydrogens (tertiary/aromatic N) is 2. The van der Waals surface area contributed by atoms with Crippen LogP contribution >= 0.6 is 31.9 Å². The number of hydrogen-bond acceptors (Lipinski definition) is 2. The van der Waals surface area contributed by atoms with E-state index in [1.807, 2.05) is 67.5 Å². The van der Waals surface area contributed by atoms with E-state index >= 15 is 0 Å². The van der Waals surface area contributed by atoms with Crippen LogP contribution in [0.4, 0.5) is 5.69 Å². The van der Waals surface area contributed by atoms with Crippen molar-refractivity contribution in [3.05, 3.63) is 101 Å². The molecule has 0 amide bonds. The van der Waals surface area contributed by atoms with Gasteiger partial charge in [0.2, 0.25) is 0 Å². The molecule has 5 atom stereocenters. The molecule has 0 spiro atoms. The first-order valence-corrected chi connectivity index (χ1v) is 24.2. The molecule has 4 aliphatic carbocycles. The zero-order valence-electron chi connectivity index (χ0n) is 36.5. The Hall–Kier alpha value is -1.03. The summed E-state index contributed by atoms with van der Waals surface area (Å²) in [7, 11) is 0. The molecule has 1 saturated carbocycles. The second-order valence-electron chi connectivity index (χ2n) is 14.5. The van der Waals surface area contributed by atoms with Crippen LogP contribution in [-0.4, -0.2) is 14.8 Å². The number of alkyl halides is 2. The SMILES string of the molecule is CC.CC.CC.CC(C)c1cccc(C(C)C)c1[N]=[W].C[C@@H]1C(C2=C(O)[C@@H](Br)CC3=C2CCCC3)[C@@H]2CCCCC2=C[C@@H]1Br.Cc1ccc(C)[n-]1.[CH2-]C[CH2-]. The Labute approximate surface area is 362 Å². The van der Waals surface area contributed by atoms with Gasteiger partial charge >= 0.3 is 97.7 Å². The van der Waals surface area contributed by atoms with Crippen molar-refractivity contribution in [2.75, 3.05) is 0 Å². The second-order valence-corrected chi connectivity index (χ2v) is 17.3. The molecule has 3 nitrogen and oxygen atoms in total. The minimum Gasteiger partial charge on any atom is -0.665 e. The Bertz CT molecular complexity index is 1390. The van der Waals surface area contributed by atoms with Gasteiger partial charge < -0.3 is 30.4 Å². The molecule has 308 valence electrons. The van der Waals surface area contributed by atoms with Gasteiger partial charge in [0, 0.05) is 4.83 Å². The van der Waals surface area contributed by atoms with Crippen LogP contribution in [0, 0.1) is 45.4 Å². The third-order valence-corrected chi connectivity index (χ3v) is 12.7. The topological polar surface area (TPSA) is 46.7 Å². The molecule has 54 heavy (non-hydrogen) atoms. The maximum atomic E-state index is 11.1. The number of fused-ring (bicyclic) bond motifs is 1. The van der Waals surface area contributed by atoms with E-state index in [1.54, 1.807) is 11.1 Å². The molecule has 1 unspecified atom stereocenters. The van der Waals surface area contributed by atoms with Crippen molar-refractivity contribution in [2.24, 2.45) is 21.2 Å². The molecule has 0 radical (unpaired) electrons. The van der Waals surface area contributed by atoms with E-state index in [0.717, 1.165) is 24.2 Å². The summed E-state index contributed by atoms with van der Waals surface area (Å²) in [4.78, 5) is 4.68. The van der Waals surface area contributed by atoms with Crippen molar-refractivity contribution >= 4 is 37.5 Å². The van der Waals surface area contributed by atoms with E-state index in [1.165, 1.54) is 99.0 Å². The van der Waals surface area contributed by atoms with Crippen LogP contribution < -0.4 is 4.98 Å². The third-order valence-electron chi connectivity index (χ3n) is 10.2. The van der Waals surface area contributed by atoms with Crippen LogP contribution in [0.25, 0.3) is 0 Å². The van der Waals surface area contributed by atoms with Gasteiger partial charge in [-0.1, -0.05) is 130 Å². The van der Waals surface area contributed by atoms with Gasteiger partial charge in [-0.15, -0.1) is 0 Å². The Balaban J connectivity index is 0.000000793. The first kappa shape index (κ1) is 53.0. The third kappa shape index (κ3) is 15.7. The molecule has 1 fully saturated rings. The van der Waals surface area contributed by atoms with Crippen molar-refractivity contribution in [3.8, 4) is 0 Å². The fourth-order valence-corrected chi connectivity index (χ4v) is 9.87. The molecule has 1 heterocycles. The number of aryl methyl sites for hydroxylation is 2. The summed E-state index contributed by atoms with van der Waals surface area (Å²) in [5.74, 6) is 3.45. The molecule has 6 heteroatoms. The Morgan fingerprint density at radius 1 is 0.833 bits per heavy atom. The van der Waals surface area contributed by atoms with Gasteiger partial charge in [-0.2, -0.15) is 11.4 Å². The average Bonchev–Trinajstić information content (AvgIpc) is 3.57. The molecule has 0 aliphatic heterocycles. The van der Waals surface area contributed by atoms with Gasteiger partial charge in [0.1, 0.15) is 5.76 Å². The van der Waals surface area contributed by atoms with E-state index in [4.69, 9.17) is 0 Å². The van der Waals surface area contributed by atoms with Crippen LogP contribution in [0.1, 0.15) is 175 Å². The van der Waals surface area contributed by atoms with Crippen LogP contribution in [-0.2, 0) is 19.6 Å². The predicted octanol–water partition coefficient (Wildman–Crippen LogP) is 16.7. The number of aliphatic hydroxyl groups is 1. The standard InChI is InChI=1S/C21H28Br2O.C12H17N.C6H8N.C3H6.3C2H6.W/c1-12-17(22)10-13-6-2-4-8-15(13)19(12)20-16-9-5-3-7-14(16)11-18(23)21(20)24;1-8(2)10-6-5-7-11(9(3)4)12(10)13;1-5-3-4-6(2)7-5;1-3-2;3*1-2;/h10,12,15,17-19,24H,2-9,11H2,1H3;5-9H,1-4H3;3-4H,1-2H3;1-3H2;3*1-2H3;/q;;-1;-2;;;;/t12-,15+,17-,18-,19?;;;;;;;/m0......./s1. The summed E-state index contributed by atoms with van der Waals surface area (Å²) in [6, 6.07) is 10.6. The van der Waals surface area contributed by atoms with Crippen LogP contribution in [0.5, 0.6) is 0 Å². The molecular weight excluding hydrogens is 964 g/mol. The Morgan fingerprint density at radius 2 is 1.33 bits per heavy atom. The maximum Gasteiger partial charge on any atom is 0.110 e. The number of halogens is 2. The predicted molar refractivity (Wildman–Crippen MR) is 243 cm³/mol. The molecule has 1 aromatic carbocycles. The fourth-order valence-electron chi connectivity index (χ4n) is 7.80. The van der Waals surface area contributed by atoms with Crippen LogP contribution in [0.15, 0.2) is 68.0 Å². The summed E-state index contributed by atoms with van der Waals surface area (Å²) in [6.07, 6.45) is 14.5. The summed E-state index contributed by atoms with van der Waals surface area (Å²) >= 11 is 9.00. The summed E-state index contributed by atoms with van der Waals surface area (Å²) in [5.41, 5.74) is 12.4. The van der Waals surface area contributed by atoms with Crippen LogP contribution in [0.2, 0.25) is 0 Å². The van der Waals surface area contributed by atoms with E-state index in [2.05, 4.69) is 113 Å². The van der Waals surface area contributed by atoms with E-state index in [-0.39, 0.29) is 4.83 Å². The summed E-state index contributed by atoms with van der Waals surface area (Å²) < 4.78 is 4.50. The van der Waals surface area contributed by atoms with Gasteiger partial charge in [0.05, 0.1) is 4.83 Å². The quantitative estimate of drug-likeness (QED) is 0.188.